The van der Waals surface area contributed by atoms with Gasteiger partial charge in [0.15, 0.2) is 0 Å². The van der Waals surface area contributed by atoms with Crippen LogP contribution in [-0.2, 0) is 14.3 Å². The molecule has 0 aliphatic carbocycles. The number of esters is 1. The zero-order chi connectivity index (χ0) is 13.9. The highest BCUT2D eigenvalue weighted by atomic mass is 16.6. The Labute approximate surface area is 108 Å². The maximum atomic E-state index is 12.1. The normalized spacial score (nSPS) is 22.8. The summed E-state index contributed by atoms with van der Waals surface area (Å²) in [6.07, 6.45) is 1.99. The molecule has 5 heteroatoms. The van der Waals surface area contributed by atoms with Crippen molar-refractivity contribution in [1.29, 1.82) is 0 Å². The van der Waals surface area contributed by atoms with Gasteiger partial charge >= 0.3 is 11.9 Å². The predicted octanol–water partition coefficient (Wildman–Crippen LogP) is 1.66. The quantitative estimate of drug-likeness (QED) is 0.776. The van der Waals surface area contributed by atoms with Gasteiger partial charge in [-0.1, -0.05) is 6.92 Å². The SMILES string of the molecule is CCC(C(=O)OC(C)(C)C)N1CCC[C@H]1C(=O)O. The highest BCUT2D eigenvalue weighted by Gasteiger charge is 2.39. The fourth-order valence-corrected chi connectivity index (χ4v) is 2.33. The number of likely N-dealkylation sites (tertiary alicyclic amines) is 1. The molecule has 5 nitrogen and oxygen atoms in total. The van der Waals surface area contributed by atoms with Gasteiger partial charge in [0.05, 0.1) is 0 Å². The third kappa shape index (κ3) is 3.70. The van der Waals surface area contributed by atoms with E-state index < -0.39 is 23.7 Å². The van der Waals surface area contributed by atoms with Gasteiger partial charge in [-0.2, -0.15) is 0 Å². The number of carbonyl (C=O) groups is 2. The number of ether oxygens (including phenoxy) is 1. The van der Waals surface area contributed by atoms with E-state index in [0.29, 0.717) is 19.4 Å². The summed E-state index contributed by atoms with van der Waals surface area (Å²) < 4.78 is 5.36. The second-order valence-electron chi connectivity index (χ2n) is 5.69. The molecule has 1 unspecified atom stereocenters. The second kappa shape index (κ2) is 5.69. The van der Waals surface area contributed by atoms with E-state index in [1.54, 1.807) is 4.90 Å². The van der Waals surface area contributed by atoms with Gasteiger partial charge in [0.1, 0.15) is 17.7 Å². The van der Waals surface area contributed by atoms with Crippen molar-refractivity contribution in [2.75, 3.05) is 6.54 Å². The molecule has 1 saturated heterocycles. The standard InChI is InChI=1S/C13H23NO4/c1-5-9(12(17)18-13(2,3)4)14-8-6-7-10(14)11(15)16/h9-10H,5-8H2,1-4H3,(H,15,16)/t9?,10-/m0/s1. The summed E-state index contributed by atoms with van der Waals surface area (Å²) in [6, 6.07) is -1.00. The average molecular weight is 257 g/mol. The molecule has 0 amide bonds. The highest BCUT2D eigenvalue weighted by Crippen LogP contribution is 2.23. The van der Waals surface area contributed by atoms with E-state index >= 15 is 0 Å². The molecule has 1 aliphatic heterocycles. The topological polar surface area (TPSA) is 66.8 Å². The third-order valence-electron chi connectivity index (χ3n) is 3.05. The molecule has 0 saturated carbocycles. The van der Waals surface area contributed by atoms with Crippen molar-refractivity contribution in [1.82, 2.24) is 4.90 Å². The molecule has 0 aromatic carbocycles. The van der Waals surface area contributed by atoms with E-state index in [1.807, 2.05) is 27.7 Å². The summed E-state index contributed by atoms with van der Waals surface area (Å²) >= 11 is 0. The third-order valence-corrected chi connectivity index (χ3v) is 3.05. The Morgan fingerprint density at radius 3 is 2.50 bits per heavy atom. The number of rotatable bonds is 4. The number of hydrogen-bond acceptors (Lipinski definition) is 4. The van der Waals surface area contributed by atoms with Gasteiger partial charge in [0.2, 0.25) is 0 Å². The molecule has 0 spiro atoms. The van der Waals surface area contributed by atoms with Gasteiger partial charge in [0, 0.05) is 0 Å². The average Bonchev–Trinajstić information content (AvgIpc) is 2.64. The zero-order valence-electron chi connectivity index (χ0n) is 11.6. The Morgan fingerprint density at radius 2 is 2.06 bits per heavy atom. The first-order chi connectivity index (χ1) is 8.26. The zero-order valence-corrected chi connectivity index (χ0v) is 11.6. The van der Waals surface area contributed by atoms with Crippen LogP contribution in [-0.4, -0.2) is 46.2 Å². The molecular formula is C13H23NO4. The number of nitrogens with zero attached hydrogens (tertiary/aromatic N) is 1. The van der Waals surface area contributed by atoms with Crippen LogP contribution in [0.4, 0.5) is 0 Å². The molecule has 1 rings (SSSR count). The predicted molar refractivity (Wildman–Crippen MR) is 67.3 cm³/mol. The van der Waals surface area contributed by atoms with E-state index in [9.17, 15) is 9.59 Å². The van der Waals surface area contributed by atoms with Gasteiger partial charge < -0.3 is 9.84 Å². The van der Waals surface area contributed by atoms with E-state index in [4.69, 9.17) is 9.84 Å². The van der Waals surface area contributed by atoms with Crippen molar-refractivity contribution in [3.63, 3.8) is 0 Å². The van der Waals surface area contributed by atoms with Crippen LogP contribution in [0.25, 0.3) is 0 Å². The molecule has 1 heterocycles. The number of carbonyl (C=O) groups excluding carboxylic acids is 1. The summed E-state index contributed by atoms with van der Waals surface area (Å²) in [7, 11) is 0. The lowest BCUT2D eigenvalue weighted by molar-refractivity contribution is -0.163. The van der Waals surface area contributed by atoms with E-state index in [1.165, 1.54) is 0 Å². The lowest BCUT2D eigenvalue weighted by Gasteiger charge is -2.31. The molecule has 1 N–H and O–H groups in total. The highest BCUT2D eigenvalue weighted by molar-refractivity contribution is 5.79. The molecule has 1 aliphatic rings. The molecule has 0 bridgehead atoms. The van der Waals surface area contributed by atoms with Gasteiger partial charge in [-0.3, -0.25) is 14.5 Å². The first-order valence-electron chi connectivity index (χ1n) is 6.47. The van der Waals surface area contributed by atoms with Crippen LogP contribution in [0.15, 0.2) is 0 Å². The van der Waals surface area contributed by atoms with E-state index in [-0.39, 0.29) is 5.97 Å². The fraction of sp³-hybridized carbons (Fsp3) is 0.846. The molecule has 0 aromatic heterocycles. The van der Waals surface area contributed by atoms with Crippen molar-refractivity contribution in [2.24, 2.45) is 0 Å². The maximum absolute atomic E-state index is 12.1. The van der Waals surface area contributed by atoms with Crippen molar-refractivity contribution < 1.29 is 19.4 Å². The van der Waals surface area contributed by atoms with Gasteiger partial charge in [-0.15, -0.1) is 0 Å². The molecule has 18 heavy (non-hydrogen) atoms. The van der Waals surface area contributed by atoms with Crippen LogP contribution in [0.3, 0.4) is 0 Å². The van der Waals surface area contributed by atoms with Crippen LogP contribution in [0.5, 0.6) is 0 Å². The number of carboxylic acid groups (broad SMARTS) is 1. The Morgan fingerprint density at radius 1 is 1.44 bits per heavy atom. The summed E-state index contributed by atoms with van der Waals surface area (Å²) in [6.45, 7) is 7.98. The minimum absolute atomic E-state index is 0.321. The molecule has 104 valence electrons. The largest absolute Gasteiger partial charge is 0.480 e. The molecule has 0 aromatic rings. The molecule has 0 radical (unpaired) electrons. The second-order valence-corrected chi connectivity index (χ2v) is 5.69. The maximum Gasteiger partial charge on any atom is 0.323 e. The summed E-state index contributed by atoms with van der Waals surface area (Å²) in [5, 5.41) is 9.15. The van der Waals surface area contributed by atoms with Gasteiger partial charge in [-0.25, -0.2) is 0 Å². The van der Waals surface area contributed by atoms with Crippen LogP contribution in [0.1, 0.15) is 47.0 Å². The summed E-state index contributed by atoms with van der Waals surface area (Å²) in [5.74, 6) is -1.17. The van der Waals surface area contributed by atoms with Gasteiger partial charge in [0.25, 0.3) is 0 Å². The summed E-state index contributed by atoms with van der Waals surface area (Å²) in [5.41, 5.74) is -0.539. The Bertz CT molecular complexity index is 321. The molecule has 1 fully saturated rings. The van der Waals surface area contributed by atoms with Crippen LogP contribution in [0, 0.1) is 0 Å². The minimum atomic E-state index is -0.852. The number of aliphatic carboxylic acids is 1. The van der Waals surface area contributed by atoms with Gasteiger partial charge in [-0.05, 0) is 46.6 Å². The monoisotopic (exact) mass is 257 g/mol. The fourth-order valence-electron chi connectivity index (χ4n) is 2.33. The molecular weight excluding hydrogens is 234 g/mol. The van der Waals surface area contributed by atoms with Crippen molar-refractivity contribution in [2.45, 2.75) is 64.6 Å². The van der Waals surface area contributed by atoms with E-state index in [2.05, 4.69) is 0 Å². The first-order valence-corrected chi connectivity index (χ1v) is 6.47. The first kappa shape index (κ1) is 15.0. The molecule has 2 atom stereocenters. The van der Waals surface area contributed by atoms with Crippen LogP contribution in [0.2, 0.25) is 0 Å². The Balaban J connectivity index is 2.76. The lowest BCUT2D eigenvalue weighted by atomic mass is 10.1. The number of carboxylic acids is 1. The summed E-state index contributed by atoms with van der Waals surface area (Å²) in [4.78, 5) is 25.0. The van der Waals surface area contributed by atoms with Crippen molar-refractivity contribution in [3.05, 3.63) is 0 Å². The van der Waals surface area contributed by atoms with Crippen LogP contribution >= 0.6 is 0 Å². The van der Waals surface area contributed by atoms with Crippen molar-refractivity contribution >= 4 is 11.9 Å². The van der Waals surface area contributed by atoms with E-state index in [0.717, 1.165) is 6.42 Å². The minimum Gasteiger partial charge on any atom is -0.480 e. The Kier molecular flexibility index (Phi) is 4.73. The lowest BCUT2D eigenvalue weighted by Crippen LogP contribution is -2.48. The smallest absolute Gasteiger partial charge is 0.323 e. The Hall–Kier alpha value is -1.10. The van der Waals surface area contributed by atoms with Crippen LogP contribution < -0.4 is 0 Å². The number of hydrogen-bond donors (Lipinski definition) is 1. The van der Waals surface area contributed by atoms with Crippen molar-refractivity contribution in [3.8, 4) is 0 Å².